The van der Waals surface area contributed by atoms with E-state index in [4.69, 9.17) is 4.74 Å². The minimum absolute atomic E-state index is 0.138. The predicted molar refractivity (Wildman–Crippen MR) is 89.2 cm³/mol. The second kappa shape index (κ2) is 7.98. The summed E-state index contributed by atoms with van der Waals surface area (Å²) >= 11 is 0. The molecule has 2 aromatic rings. The molecule has 23 heavy (non-hydrogen) atoms. The molecule has 2 rings (SSSR count). The third kappa shape index (κ3) is 5.82. The normalized spacial score (nSPS) is 10.0. The van der Waals surface area contributed by atoms with Crippen LogP contribution in [-0.4, -0.2) is 18.5 Å². The van der Waals surface area contributed by atoms with Gasteiger partial charge in [-0.1, -0.05) is 36.4 Å². The highest BCUT2D eigenvalue weighted by Crippen LogP contribution is 2.13. The quantitative estimate of drug-likeness (QED) is 0.891. The van der Waals surface area contributed by atoms with E-state index in [1.165, 1.54) is 0 Å². The minimum Gasteiger partial charge on any atom is -0.445 e. The van der Waals surface area contributed by atoms with Crippen molar-refractivity contribution in [2.75, 3.05) is 11.9 Å². The summed E-state index contributed by atoms with van der Waals surface area (Å²) in [6.45, 7) is 3.95. The van der Waals surface area contributed by atoms with Gasteiger partial charge in [-0.25, -0.2) is 4.79 Å². The van der Waals surface area contributed by atoms with Crippen molar-refractivity contribution in [3.8, 4) is 0 Å². The molecular weight excluding hydrogens is 292 g/mol. The van der Waals surface area contributed by atoms with Crippen LogP contribution < -0.4 is 10.6 Å². The van der Waals surface area contributed by atoms with E-state index >= 15 is 0 Å². The van der Waals surface area contributed by atoms with E-state index in [2.05, 4.69) is 10.6 Å². The number of rotatable bonds is 5. The number of carbonyl (C=O) groups excluding carboxylic acids is 2. The Labute approximate surface area is 135 Å². The Morgan fingerprint density at radius 2 is 1.65 bits per heavy atom. The van der Waals surface area contributed by atoms with Gasteiger partial charge in [0, 0.05) is 5.69 Å². The molecular formula is C18H20N2O3. The van der Waals surface area contributed by atoms with Crippen molar-refractivity contribution in [2.45, 2.75) is 20.5 Å². The highest BCUT2D eigenvalue weighted by molar-refractivity contribution is 5.94. The zero-order valence-corrected chi connectivity index (χ0v) is 13.3. The minimum atomic E-state index is -0.621. The first-order valence-corrected chi connectivity index (χ1v) is 7.35. The smallest absolute Gasteiger partial charge is 0.407 e. The summed E-state index contributed by atoms with van der Waals surface area (Å²) in [4.78, 5) is 23.4. The van der Waals surface area contributed by atoms with Gasteiger partial charge in [-0.05, 0) is 42.7 Å². The Morgan fingerprint density at radius 1 is 1.00 bits per heavy atom. The number of hydrogen-bond donors (Lipinski definition) is 2. The Bertz CT molecular complexity index is 664. The van der Waals surface area contributed by atoms with Crippen molar-refractivity contribution in [3.63, 3.8) is 0 Å². The van der Waals surface area contributed by atoms with Gasteiger partial charge in [-0.15, -0.1) is 0 Å². The first-order valence-electron chi connectivity index (χ1n) is 7.35. The number of hydrogen-bond acceptors (Lipinski definition) is 3. The Kier molecular flexibility index (Phi) is 5.74. The van der Waals surface area contributed by atoms with Gasteiger partial charge in [0.2, 0.25) is 5.91 Å². The zero-order valence-electron chi connectivity index (χ0n) is 13.3. The summed E-state index contributed by atoms with van der Waals surface area (Å²) in [5, 5.41) is 5.17. The van der Waals surface area contributed by atoms with E-state index in [1.807, 2.05) is 62.4 Å². The van der Waals surface area contributed by atoms with Gasteiger partial charge < -0.3 is 15.4 Å². The molecule has 0 spiro atoms. The second-order valence-electron chi connectivity index (χ2n) is 5.34. The summed E-state index contributed by atoms with van der Waals surface area (Å²) < 4.78 is 5.04. The molecule has 5 heteroatoms. The van der Waals surface area contributed by atoms with Gasteiger partial charge >= 0.3 is 6.09 Å². The molecule has 0 aliphatic carbocycles. The predicted octanol–water partition coefficient (Wildman–Crippen LogP) is 3.17. The molecule has 0 saturated carbocycles. The van der Waals surface area contributed by atoms with Crippen molar-refractivity contribution in [3.05, 3.63) is 65.2 Å². The lowest BCUT2D eigenvalue weighted by Crippen LogP contribution is -2.33. The molecule has 0 aromatic heterocycles. The molecule has 0 aliphatic rings. The molecule has 5 nitrogen and oxygen atoms in total. The van der Waals surface area contributed by atoms with Crippen molar-refractivity contribution in [1.82, 2.24) is 5.32 Å². The Balaban J connectivity index is 1.74. The third-order valence-corrected chi connectivity index (χ3v) is 3.11. The summed E-state index contributed by atoms with van der Waals surface area (Å²) in [6, 6.07) is 15.1. The van der Waals surface area contributed by atoms with Crippen LogP contribution >= 0.6 is 0 Å². The number of anilines is 1. The molecule has 0 saturated heterocycles. The molecule has 0 unspecified atom stereocenters. The fourth-order valence-electron chi connectivity index (χ4n) is 2.18. The van der Waals surface area contributed by atoms with Crippen LogP contribution in [0.2, 0.25) is 0 Å². The average molecular weight is 312 g/mol. The number of benzene rings is 2. The van der Waals surface area contributed by atoms with E-state index in [0.29, 0.717) is 5.69 Å². The Hall–Kier alpha value is -2.82. The van der Waals surface area contributed by atoms with Gasteiger partial charge in [0.25, 0.3) is 0 Å². The van der Waals surface area contributed by atoms with Crippen LogP contribution in [0.5, 0.6) is 0 Å². The zero-order chi connectivity index (χ0) is 16.7. The van der Waals surface area contributed by atoms with Gasteiger partial charge in [0.05, 0.1) is 0 Å². The van der Waals surface area contributed by atoms with E-state index < -0.39 is 6.09 Å². The lowest BCUT2D eigenvalue weighted by Gasteiger charge is -2.09. The molecule has 0 heterocycles. The third-order valence-electron chi connectivity index (χ3n) is 3.11. The molecule has 0 atom stereocenters. The van der Waals surface area contributed by atoms with Crippen molar-refractivity contribution in [2.24, 2.45) is 0 Å². The van der Waals surface area contributed by atoms with Crippen LogP contribution in [0.3, 0.4) is 0 Å². The molecule has 2 aromatic carbocycles. The van der Waals surface area contributed by atoms with E-state index in [1.54, 1.807) is 0 Å². The summed E-state index contributed by atoms with van der Waals surface area (Å²) in [5.74, 6) is -0.299. The molecule has 120 valence electrons. The molecule has 2 N–H and O–H groups in total. The van der Waals surface area contributed by atoms with E-state index in [0.717, 1.165) is 16.7 Å². The van der Waals surface area contributed by atoms with Crippen LogP contribution in [-0.2, 0) is 16.1 Å². The van der Waals surface area contributed by atoms with Gasteiger partial charge in [-0.2, -0.15) is 0 Å². The number of carbonyl (C=O) groups is 2. The maximum atomic E-state index is 11.8. The van der Waals surface area contributed by atoms with Crippen LogP contribution in [0.4, 0.5) is 10.5 Å². The van der Waals surface area contributed by atoms with Crippen molar-refractivity contribution < 1.29 is 14.3 Å². The first kappa shape index (κ1) is 16.5. The molecule has 2 amide bonds. The lowest BCUT2D eigenvalue weighted by molar-refractivity contribution is -0.115. The molecule has 0 aliphatic heterocycles. The van der Waals surface area contributed by atoms with Crippen LogP contribution in [0.15, 0.2) is 48.5 Å². The van der Waals surface area contributed by atoms with Crippen molar-refractivity contribution in [1.29, 1.82) is 0 Å². The van der Waals surface area contributed by atoms with Crippen LogP contribution in [0, 0.1) is 13.8 Å². The standard InChI is InChI=1S/C18H20N2O3/c1-13-8-14(2)10-16(9-13)20-17(21)11-19-18(22)23-12-15-6-4-3-5-7-15/h3-10H,11-12H2,1-2H3,(H,19,22)(H,20,21). The van der Waals surface area contributed by atoms with Gasteiger partial charge in [0.15, 0.2) is 0 Å². The maximum absolute atomic E-state index is 11.8. The largest absolute Gasteiger partial charge is 0.445 e. The number of aryl methyl sites for hydroxylation is 2. The fraction of sp³-hybridized carbons (Fsp3) is 0.222. The fourth-order valence-corrected chi connectivity index (χ4v) is 2.18. The van der Waals surface area contributed by atoms with Crippen molar-refractivity contribution >= 4 is 17.7 Å². The van der Waals surface area contributed by atoms with E-state index in [9.17, 15) is 9.59 Å². The van der Waals surface area contributed by atoms with Gasteiger partial charge in [0.1, 0.15) is 13.2 Å². The number of ether oxygens (including phenoxy) is 1. The topological polar surface area (TPSA) is 67.4 Å². The van der Waals surface area contributed by atoms with Crippen LogP contribution in [0.1, 0.15) is 16.7 Å². The monoisotopic (exact) mass is 312 g/mol. The van der Waals surface area contributed by atoms with E-state index in [-0.39, 0.29) is 19.1 Å². The highest BCUT2D eigenvalue weighted by atomic mass is 16.5. The molecule has 0 bridgehead atoms. The summed E-state index contributed by atoms with van der Waals surface area (Å²) in [5.41, 5.74) is 3.74. The number of amides is 2. The molecule has 0 radical (unpaired) electrons. The number of alkyl carbamates (subject to hydrolysis) is 1. The highest BCUT2D eigenvalue weighted by Gasteiger charge is 2.07. The SMILES string of the molecule is Cc1cc(C)cc(NC(=O)CNC(=O)OCc2ccccc2)c1. The van der Waals surface area contributed by atoms with Gasteiger partial charge in [-0.3, -0.25) is 4.79 Å². The number of nitrogens with one attached hydrogen (secondary N) is 2. The molecule has 0 fully saturated rings. The average Bonchev–Trinajstić information content (AvgIpc) is 2.51. The maximum Gasteiger partial charge on any atom is 0.407 e. The lowest BCUT2D eigenvalue weighted by atomic mass is 10.1. The first-order chi connectivity index (χ1) is 11.0. The summed E-state index contributed by atoms with van der Waals surface area (Å²) in [7, 11) is 0. The van der Waals surface area contributed by atoms with Crippen LogP contribution in [0.25, 0.3) is 0 Å². The summed E-state index contributed by atoms with van der Waals surface area (Å²) in [6.07, 6.45) is -0.621. The second-order valence-corrected chi connectivity index (χ2v) is 5.34. The Morgan fingerprint density at radius 3 is 2.30 bits per heavy atom.